The smallest absolute Gasteiger partial charge is 0.0349 e. The van der Waals surface area contributed by atoms with Crippen LogP contribution in [0, 0.1) is 6.92 Å². The fraction of sp³-hybridized carbons (Fsp3) is 0.200. The summed E-state index contributed by atoms with van der Waals surface area (Å²) in [6.45, 7) is 2.16. The van der Waals surface area contributed by atoms with E-state index in [9.17, 15) is 0 Å². The molecule has 0 bridgehead atoms. The van der Waals surface area contributed by atoms with Gasteiger partial charge in [0.2, 0.25) is 0 Å². The van der Waals surface area contributed by atoms with Gasteiger partial charge in [0.05, 0.1) is 0 Å². The van der Waals surface area contributed by atoms with Crippen LogP contribution in [0.15, 0.2) is 22.0 Å². The van der Waals surface area contributed by atoms with E-state index >= 15 is 0 Å². The van der Waals surface area contributed by atoms with E-state index in [-0.39, 0.29) is 0 Å². The number of fused-ring (bicyclic) bond motifs is 1. The molecule has 3 heteroatoms. The Hall–Kier alpha value is 0.140. The molecule has 0 aliphatic heterocycles. The summed E-state index contributed by atoms with van der Waals surface area (Å²) in [4.78, 5) is 0. The van der Waals surface area contributed by atoms with Gasteiger partial charge >= 0.3 is 0 Å². The van der Waals surface area contributed by atoms with E-state index < -0.39 is 0 Å². The van der Waals surface area contributed by atoms with Crippen molar-refractivity contribution in [2.24, 2.45) is 0 Å². The second kappa shape index (κ2) is 3.71. The van der Waals surface area contributed by atoms with Crippen LogP contribution in [0.2, 0.25) is 0 Å². The lowest BCUT2D eigenvalue weighted by Crippen LogP contribution is -1.84. The average Bonchev–Trinajstić information content (AvgIpc) is 2.59. The third kappa shape index (κ3) is 1.58. The molecule has 0 aliphatic carbocycles. The van der Waals surface area contributed by atoms with Gasteiger partial charge in [0.25, 0.3) is 0 Å². The highest BCUT2D eigenvalue weighted by atomic mass is 79.9. The minimum absolute atomic E-state index is 0.905. The molecule has 0 radical (unpaired) electrons. The molecule has 2 rings (SSSR count). The van der Waals surface area contributed by atoms with Crippen LogP contribution in [0.4, 0.5) is 0 Å². The van der Waals surface area contributed by atoms with Crippen LogP contribution in [-0.4, -0.2) is 0 Å². The van der Waals surface area contributed by atoms with E-state index in [0.29, 0.717) is 0 Å². The van der Waals surface area contributed by atoms with Crippen LogP contribution < -0.4 is 0 Å². The summed E-state index contributed by atoms with van der Waals surface area (Å²) in [5.74, 6) is 0. The molecule has 0 nitrogen and oxygen atoms in total. The second-order valence-corrected chi connectivity index (χ2v) is 5.24. The van der Waals surface area contributed by atoms with Crippen molar-refractivity contribution in [1.82, 2.24) is 0 Å². The third-order valence-corrected chi connectivity index (χ3v) is 4.73. The summed E-state index contributed by atoms with van der Waals surface area (Å²) >= 11 is 8.91. The molecule has 68 valence electrons. The van der Waals surface area contributed by atoms with E-state index in [4.69, 9.17) is 0 Å². The van der Waals surface area contributed by atoms with Gasteiger partial charge in [-0.05, 0) is 40.9 Å². The summed E-state index contributed by atoms with van der Waals surface area (Å²) < 4.78 is 2.60. The predicted octanol–water partition coefficient (Wildman–Crippen LogP) is 4.87. The summed E-state index contributed by atoms with van der Waals surface area (Å²) in [5.41, 5.74) is 2.67. The van der Waals surface area contributed by atoms with Crippen LogP contribution in [0.1, 0.15) is 11.1 Å². The third-order valence-electron chi connectivity index (χ3n) is 2.16. The van der Waals surface area contributed by atoms with Crippen LogP contribution in [0.5, 0.6) is 0 Å². The standard InChI is InChI=1S/C10H8Br2S/c1-6-8-2-3-13-9(8)4-7(5-11)10(6)12/h2-4H,5H2,1H3. The Morgan fingerprint density at radius 2 is 2.23 bits per heavy atom. The molecule has 13 heavy (non-hydrogen) atoms. The maximum atomic E-state index is 3.62. The van der Waals surface area contributed by atoms with E-state index in [0.717, 1.165) is 5.33 Å². The number of benzene rings is 1. The van der Waals surface area contributed by atoms with E-state index in [2.05, 4.69) is 56.3 Å². The maximum Gasteiger partial charge on any atom is 0.0349 e. The highest BCUT2D eigenvalue weighted by Crippen LogP contribution is 2.33. The average molecular weight is 320 g/mol. The molecular weight excluding hydrogens is 312 g/mol. The highest BCUT2D eigenvalue weighted by Gasteiger charge is 2.07. The molecule has 1 aromatic heterocycles. The molecule has 1 aromatic carbocycles. The van der Waals surface area contributed by atoms with Crippen LogP contribution in [-0.2, 0) is 5.33 Å². The Labute approximate surface area is 98.2 Å². The number of rotatable bonds is 1. The number of hydrogen-bond acceptors (Lipinski definition) is 1. The number of hydrogen-bond donors (Lipinski definition) is 0. The Bertz CT molecular complexity index is 445. The number of thiophene rings is 1. The van der Waals surface area contributed by atoms with Crippen molar-refractivity contribution in [2.45, 2.75) is 12.3 Å². The van der Waals surface area contributed by atoms with Crippen LogP contribution in [0.3, 0.4) is 0 Å². The lowest BCUT2D eigenvalue weighted by Gasteiger charge is -2.05. The van der Waals surface area contributed by atoms with Gasteiger partial charge in [-0.3, -0.25) is 0 Å². The lowest BCUT2D eigenvalue weighted by molar-refractivity contribution is 1.37. The zero-order valence-electron chi connectivity index (χ0n) is 7.10. The fourth-order valence-electron chi connectivity index (χ4n) is 1.42. The van der Waals surface area contributed by atoms with Crippen LogP contribution in [0.25, 0.3) is 10.1 Å². The summed E-state index contributed by atoms with van der Waals surface area (Å²) in [5, 5.41) is 4.41. The Kier molecular flexibility index (Phi) is 2.77. The molecule has 0 amide bonds. The van der Waals surface area contributed by atoms with E-state index in [1.807, 2.05) is 0 Å². The molecule has 0 spiro atoms. The van der Waals surface area contributed by atoms with Crippen molar-refractivity contribution in [1.29, 1.82) is 0 Å². The monoisotopic (exact) mass is 318 g/mol. The zero-order chi connectivity index (χ0) is 9.42. The van der Waals surface area contributed by atoms with Gasteiger partial charge in [0, 0.05) is 14.5 Å². The molecule has 0 saturated heterocycles. The van der Waals surface area contributed by atoms with Crippen molar-refractivity contribution in [3.63, 3.8) is 0 Å². The highest BCUT2D eigenvalue weighted by molar-refractivity contribution is 9.10. The lowest BCUT2D eigenvalue weighted by atomic mass is 10.1. The first-order valence-electron chi connectivity index (χ1n) is 3.95. The van der Waals surface area contributed by atoms with Gasteiger partial charge in [-0.15, -0.1) is 11.3 Å². The summed E-state index contributed by atoms with van der Waals surface area (Å²) in [6, 6.07) is 4.42. The molecule has 0 N–H and O–H groups in total. The SMILES string of the molecule is Cc1c(Br)c(CBr)cc2sccc12. The number of alkyl halides is 1. The van der Waals surface area contributed by atoms with Gasteiger partial charge < -0.3 is 0 Å². The van der Waals surface area contributed by atoms with Gasteiger partial charge in [-0.2, -0.15) is 0 Å². The van der Waals surface area contributed by atoms with Crippen molar-refractivity contribution in [3.8, 4) is 0 Å². The molecule has 0 unspecified atom stereocenters. The molecular formula is C10H8Br2S. The largest absolute Gasteiger partial charge is 0.144 e. The number of halogens is 2. The van der Waals surface area contributed by atoms with E-state index in [1.165, 1.54) is 25.7 Å². The Morgan fingerprint density at radius 3 is 2.92 bits per heavy atom. The minimum Gasteiger partial charge on any atom is -0.144 e. The maximum absolute atomic E-state index is 3.62. The topological polar surface area (TPSA) is 0 Å². The molecule has 1 heterocycles. The normalized spacial score (nSPS) is 11.0. The van der Waals surface area contributed by atoms with Crippen molar-refractivity contribution in [2.75, 3.05) is 0 Å². The molecule has 0 atom stereocenters. The van der Waals surface area contributed by atoms with Gasteiger partial charge in [-0.1, -0.05) is 31.9 Å². The quantitative estimate of drug-likeness (QED) is 0.658. The predicted molar refractivity (Wildman–Crippen MR) is 66.9 cm³/mol. The van der Waals surface area contributed by atoms with Crippen LogP contribution >= 0.6 is 43.2 Å². The molecule has 0 fully saturated rings. The first-order valence-corrected chi connectivity index (χ1v) is 6.74. The molecule has 2 aromatic rings. The second-order valence-electron chi connectivity index (χ2n) is 2.94. The summed E-state index contributed by atoms with van der Waals surface area (Å²) in [7, 11) is 0. The Balaban J connectivity index is 2.83. The van der Waals surface area contributed by atoms with E-state index in [1.54, 1.807) is 11.3 Å². The van der Waals surface area contributed by atoms with Gasteiger partial charge in [0.15, 0.2) is 0 Å². The molecule has 0 aliphatic rings. The van der Waals surface area contributed by atoms with Gasteiger partial charge in [-0.25, -0.2) is 0 Å². The van der Waals surface area contributed by atoms with Crippen molar-refractivity contribution >= 4 is 53.3 Å². The van der Waals surface area contributed by atoms with Crippen molar-refractivity contribution in [3.05, 3.63) is 33.1 Å². The van der Waals surface area contributed by atoms with Crippen molar-refractivity contribution < 1.29 is 0 Å². The fourth-order valence-corrected chi connectivity index (χ4v) is 3.62. The first kappa shape index (κ1) is 9.69. The minimum atomic E-state index is 0.905. The summed E-state index contributed by atoms with van der Waals surface area (Å²) in [6.07, 6.45) is 0. The first-order chi connectivity index (χ1) is 6.24. The zero-order valence-corrected chi connectivity index (χ0v) is 11.1. The molecule has 0 saturated carbocycles. The Morgan fingerprint density at radius 1 is 1.46 bits per heavy atom. The number of aryl methyl sites for hydroxylation is 1. The van der Waals surface area contributed by atoms with Gasteiger partial charge in [0.1, 0.15) is 0 Å².